The van der Waals surface area contributed by atoms with Gasteiger partial charge in [0.2, 0.25) is 0 Å². The fourth-order valence-corrected chi connectivity index (χ4v) is 1.44. The molecular weight excluding hydrogens is 224 g/mol. The molecule has 1 rings (SSSR count). The number of carbonyl (C=O) groups is 3. The number of nitrogens with one attached hydrogen (secondary N) is 2. The van der Waals surface area contributed by atoms with Crippen molar-refractivity contribution in [2.75, 3.05) is 6.54 Å². The van der Waals surface area contributed by atoms with E-state index in [1.807, 2.05) is 5.32 Å². The first kappa shape index (κ1) is 13.2. The first-order chi connectivity index (χ1) is 7.97. The van der Waals surface area contributed by atoms with E-state index in [9.17, 15) is 14.4 Å². The van der Waals surface area contributed by atoms with Crippen LogP contribution >= 0.6 is 0 Å². The Kier molecular flexibility index (Phi) is 4.25. The zero-order chi connectivity index (χ0) is 12.9. The van der Waals surface area contributed by atoms with Crippen LogP contribution in [0.1, 0.15) is 26.2 Å². The number of hydrogen-bond acceptors (Lipinski definition) is 3. The zero-order valence-corrected chi connectivity index (χ0v) is 9.66. The van der Waals surface area contributed by atoms with E-state index in [2.05, 4.69) is 12.2 Å². The molecule has 0 atom stereocenters. The third kappa shape index (κ3) is 4.67. The third-order valence-corrected chi connectivity index (χ3v) is 2.95. The quantitative estimate of drug-likeness (QED) is 0.614. The van der Waals surface area contributed by atoms with Crippen molar-refractivity contribution in [2.45, 2.75) is 26.2 Å². The van der Waals surface area contributed by atoms with E-state index < -0.39 is 17.9 Å². The highest BCUT2D eigenvalue weighted by Crippen LogP contribution is 2.47. The number of carboxylic acid groups (broad SMARTS) is 1. The Labute approximate surface area is 99.1 Å². The molecule has 0 unspecified atom stereocenters. The van der Waals surface area contributed by atoms with Crippen molar-refractivity contribution in [3.8, 4) is 0 Å². The van der Waals surface area contributed by atoms with Gasteiger partial charge in [0.15, 0.2) is 0 Å². The maximum Gasteiger partial charge on any atom is 0.328 e. The summed E-state index contributed by atoms with van der Waals surface area (Å²) in [6.45, 7) is 2.61. The summed E-state index contributed by atoms with van der Waals surface area (Å²) in [5.41, 5.74) is 0.206. The molecule has 94 valence electrons. The molecule has 0 bridgehead atoms. The highest BCUT2D eigenvalue weighted by atomic mass is 16.4. The number of aliphatic carboxylic acids is 1. The summed E-state index contributed by atoms with van der Waals surface area (Å²) in [6.07, 6.45) is 4.67. The second kappa shape index (κ2) is 5.47. The van der Waals surface area contributed by atoms with Gasteiger partial charge in [0, 0.05) is 18.7 Å². The van der Waals surface area contributed by atoms with Crippen LogP contribution in [0.4, 0.5) is 4.79 Å². The van der Waals surface area contributed by atoms with Crippen molar-refractivity contribution in [1.29, 1.82) is 0 Å². The molecule has 1 saturated carbocycles. The Balaban J connectivity index is 2.25. The summed E-state index contributed by atoms with van der Waals surface area (Å²) < 4.78 is 0. The molecule has 0 radical (unpaired) electrons. The molecule has 0 heterocycles. The smallest absolute Gasteiger partial charge is 0.328 e. The molecule has 0 saturated heterocycles. The lowest BCUT2D eigenvalue weighted by molar-refractivity contribution is -0.131. The number of carbonyl (C=O) groups excluding carboxylic acids is 2. The Morgan fingerprint density at radius 3 is 2.41 bits per heavy atom. The van der Waals surface area contributed by atoms with Gasteiger partial charge < -0.3 is 10.4 Å². The third-order valence-electron chi connectivity index (χ3n) is 2.95. The van der Waals surface area contributed by atoms with Crippen molar-refractivity contribution in [3.05, 3.63) is 12.2 Å². The molecule has 1 aliphatic rings. The van der Waals surface area contributed by atoms with E-state index in [1.165, 1.54) is 0 Å². The summed E-state index contributed by atoms with van der Waals surface area (Å²) >= 11 is 0. The van der Waals surface area contributed by atoms with Crippen LogP contribution in [-0.4, -0.2) is 29.6 Å². The van der Waals surface area contributed by atoms with Gasteiger partial charge in [0.1, 0.15) is 0 Å². The van der Waals surface area contributed by atoms with Crippen molar-refractivity contribution in [3.63, 3.8) is 0 Å². The molecule has 0 spiro atoms. The van der Waals surface area contributed by atoms with Gasteiger partial charge >= 0.3 is 12.0 Å². The first-order valence-electron chi connectivity index (χ1n) is 5.47. The lowest BCUT2D eigenvalue weighted by atomic mass is 10.0. The standard InChI is InChI=1S/C11H16N2O4/c1-2-11(5-6-11)7-12-10(17)13-8(14)3-4-9(15)16/h3-4H,2,5-7H2,1H3,(H,15,16)(H2,12,13,14,17)/b4-3+. The molecule has 3 amide bonds. The molecule has 17 heavy (non-hydrogen) atoms. The summed E-state index contributed by atoms with van der Waals surface area (Å²) in [7, 11) is 0. The van der Waals surface area contributed by atoms with E-state index in [0.29, 0.717) is 12.6 Å². The van der Waals surface area contributed by atoms with Crippen LogP contribution in [0.2, 0.25) is 0 Å². The average Bonchev–Trinajstić information content (AvgIpc) is 3.04. The maximum atomic E-state index is 11.3. The number of urea groups is 1. The molecule has 6 heteroatoms. The topological polar surface area (TPSA) is 95.5 Å². The van der Waals surface area contributed by atoms with Gasteiger partial charge in [-0.25, -0.2) is 9.59 Å². The van der Waals surface area contributed by atoms with Crippen molar-refractivity contribution in [1.82, 2.24) is 10.6 Å². The Hall–Kier alpha value is -1.85. The minimum Gasteiger partial charge on any atom is -0.478 e. The predicted octanol–water partition coefficient (Wildman–Crippen LogP) is 0.643. The van der Waals surface area contributed by atoms with Crippen LogP contribution in [-0.2, 0) is 9.59 Å². The summed E-state index contributed by atoms with van der Waals surface area (Å²) in [6, 6.07) is -0.593. The summed E-state index contributed by atoms with van der Waals surface area (Å²) in [5.74, 6) is -1.98. The first-order valence-corrected chi connectivity index (χ1v) is 5.47. The van der Waals surface area contributed by atoms with Crippen LogP contribution in [0.15, 0.2) is 12.2 Å². The molecule has 6 nitrogen and oxygen atoms in total. The normalized spacial score (nSPS) is 16.5. The van der Waals surface area contributed by atoms with Gasteiger partial charge in [-0.15, -0.1) is 0 Å². The van der Waals surface area contributed by atoms with Crippen LogP contribution in [0.5, 0.6) is 0 Å². The van der Waals surface area contributed by atoms with Gasteiger partial charge in [-0.3, -0.25) is 10.1 Å². The number of rotatable bonds is 5. The highest BCUT2D eigenvalue weighted by Gasteiger charge is 2.40. The molecule has 0 aromatic carbocycles. The van der Waals surface area contributed by atoms with Gasteiger partial charge in [-0.1, -0.05) is 6.92 Å². The van der Waals surface area contributed by atoms with Crippen LogP contribution in [0.25, 0.3) is 0 Å². The fraction of sp³-hybridized carbons (Fsp3) is 0.545. The number of carboxylic acids is 1. The molecule has 0 aromatic rings. The van der Waals surface area contributed by atoms with E-state index in [4.69, 9.17) is 5.11 Å². The SMILES string of the molecule is CCC1(CNC(=O)NC(=O)/C=C/C(=O)O)CC1. The lowest BCUT2D eigenvalue weighted by Gasteiger charge is -2.12. The molecule has 0 aromatic heterocycles. The predicted molar refractivity (Wildman–Crippen MR) is 60.3 cm³/mol. The highest BCUT2D eigenvalue weighted by molar-refractivity contribution is 6.02. The Bertz CT molecular complexity index is 358. The van der Waals surface area contributed by atoms with Crippen LogP contribution < -0.4 is 10.6 Å². The Morgan fingerprint density at radius 1 is 1.29 bits per heavy atom. The van der Waals surface area contributed by atoms with E-state index in [0.717, 1.165) is 25.3 Å². The molecule has 1 aliphatic carbocycles. The largest absolute Gasteiger partial charge is 0.478 e. The van der Waals surface area contributed by atoms with Gasteiger partial charge in [0.05, 0.1) is 0 Å². The molecule has 1 fully saturated rings. The fourth-order valence-electron chi connectivity index (χ4n) is 1.44. The average molecular weight is 240 g/mol. The molecular formula is C11H16N2O4. The van der Waals surface area contributed by atoms with Gasteiger partial charge in [-0.2, -0.15) is 0 Å². The monoisotopic (exact) mass is 240 g/mol. The molecule has 3 N–H and O–H groups in total. The lowest BCUT2D eigenvalue weighted by Crippen LogP contribution is -2.41. The minimum atomic E-state index is -1.23. The molecule has 0 aliphatic heterocycles. The van der Waals surface area contributed by atoms with Crippen molar-refractivity contribution >= 4 is 17.9 Å². The summed E-state index contributed by atoms with van der Waals surface area (Å²) in [4.78, 5) is 32.4. The number of hydrogen-bond donors (Lipinski definition) is 3. The van der Waals surface area contributed by atoms with Crippen molar-refractivity contribution < 1.29 is 19.5 Å². The van der Waals surface area contributed by atoms with E-state index in [-0.39, 0.29) is 5.41 Å². The second-order valence-electron chi connectivity index (χ2n) is 4.20. The van der Waals surface area contributed by atoms with Crippen LogP contribution in [0, 0.1) is 5.41 Å². The van der Waals surface area contributed by atoms with E-state index in [1.54, 1.807) is 0 Å². The second-order valence-corrected chi connectivity index (χ2v) is 4.20. The van der Waals surface area contributed by atoms with Gasteiger partial charge in [-0.05, 0) is 24.7 Å². The maximum absolute atomic E-state index is 11.3. The van der Waals surface area contributed by atoms with Crippen molar-refractivity contribution in [2.24, 2.45) is 5.41 Å². The number of imide groups is 1. The zero-order valence-electron chi connectivity index (χ0n) is 9.66. The van der Waals surface area contributed by atoms with E-state index >= 15 is 0 Å². The Morgan fingerprint density at radius 2 is 1.94 bits per heavy atom. The van der Waals surface area contributed by atoms with Gasteiger partial charge in [0.25, 0.3) is 5.91 Å². The van der Waals surface area contributed by atoms with Crippen LogP contribution in [0.3, 0.4) is 0 Å². The summed E-state index contributed by atoms with van der Waals surface area (Å²) in [5, 5.41) is 12.9. The minimum absolute atomic E-state index is 0.206. The number of amides is 3.